The third-order valence-corrected chi connectivity index (χ3v) is 2.00. The third-order valence-electron chi connectivity index (χ3n) is 1.38. The Morgan fingerprint density at radius 2 is 2.22 bits per heavy atom. The summed E-state index contributed by atoms with van der Waals surface area (Å²) in [6, 6.07) is 0. The quantitative estimate of drug-likeness (QED) is 0.623. The van der Waals surface area contributed by atoms with Crippen LogP contribution in [0.5, 0.6) is 0 Å². The number of alkyl halides is 1. The van der Waals surface area contributed by atoms with Crippen molar-refractivity contribution in [2.45, 2.75) is 25.6 Å². The van der Waals surface area contributed by atoms with Crippen LogP contribution in [0.25, 0.3) is 0 Å². The second-order valence-corrected chi connectivity index (χ2v) is 2.60. The summed E-state index contributed by atoms with van der Waals surface area (Å²) < 4.78 is 0. The highest BCUT2D eigenvalue weighted by atomic mass is 35.5. The van der Waals surface area contributed by atoms with E-state index in [1.165, 1.54) is 0 Å². The predicted octanol–water partition coefficient (Wildman–Crippen LogP) is 1.72. The molecule has 0 bridgehead atoms. The topological polar surface area (TPSA) is 37.3 Å². The van der Waals surface area contributed by atoms with E-state index in [1.54, 1.807) is 0 Å². The molecule has 3 heteroatoms. The number of hydrogen-bond acceptors (Lipinski definition) is 1. The maximum Gasteiger partial charge on any atom is 0.321 e. The molecule has 0 radical (unpaired) electrons. The Morgan fingerprint density at radius 1 is 1.78 bits per heavy atom. The van der Waals surface area contributed by atoms with Crippen molar-refractivity contribution in [3.8, 4) is 0 Å². The molecule has 0 aromatic heterocycles. The third kappa shape index (κ3) is 2.70. The number of rotatable bonds is 3. The zero-order chi connectivity index (χ0) is 7.44. The van der Waals surface area contributed by atoms with E-state index in [-0.39, 0.29) is 5.92 Å². The van der Waals surface area contributed by atoms with Crippen molar-refractivity contribution < 1.29 is 9.90 Å². The summed E-state index contributed by atoms with van der Waals surface area (Å²) in [5, 5.41) is 7.62. The molecule has 0 aromatic carbocycles. The van der Waals surface area contributed by atoms with Gasteiger partial charge in [0.25, 0.3) is 0 Å². The minimum absolute atomic E-state index is 0.0594. The molecule has 0 rings (SSSR count). The highest BCUT2D eigenvalue weighted by molar-refractivity contribution is 6.29. The van der Waals surface area contributed by atoms with Crippen LogP contribution >= 0.6 is 11.6 Å². The van der Waals surface area contributed by atoms with Crippen molar-refractivity contribution in [3.63, 3.8) is 0 Å². The van der Waals surface area contributed by atoms with Gasteiger partial charge in [-0.2, -0.15) is 0 Å². The molecular weight excluding hydrogens is 140 g/mol. The smallest absolute Gasteiger partial charge is 0.321 e. The van der Waals surface area contributed by atoms with Gasteiger partial charge in [-0.3, -0.25) is 4.79 Å². The Balaban J connectivity index is 3.72. The monoisotopic (exact) mass is 150 g/mol. The molecule has 0 saturated carbocycles. The second-order valence-electron chi connectivity index (χ2n) is 2.13. The van der Waals surface area contributed by atoms with E-state index in [4.69, 9.17) is 16.7 Å². The number of carboxylic acids is 1. The van der Waals surface area contributed by atoms with Gasteiger partial charge >= 0.3 is 5.97 Å². The molecule has 0 aliphatic rings. The summed E-state index contributed by atoms with van der Waals surface area (Å²) in [5.74, 6) is -0.866. The Hall–Kier alpha value is -0.240. The molecule has 2 atom stereocenters. The predicted molar refractivity (Wildman–Crippen MR) is 36.7 cm³/mol. The standard InChI is InChI=1S/C6H11ClO2/c1-3-4(2)5(7)6(8)9/h4-5H,3H2,1-2H3,(H,8,9)/t4?,5-/m1/s1. The molecule has 9 heavy (non-hydrogen) atoms. The summed E-state index contributed by atoms with van der Waals surface area (Å²) in [4.78, 5) is 10.2. The number of hydrogen-bond donors (Lipinski definition) is 1. The summed E-state index contributed by atoms with van der Waals surface area (Å²) in [6.07, 6.45) is 0.806. The molecule has 0 heterocycles. The molecule has 1 N–H and O–H groups in total. The van der Waals surface area contributed by atoms with Crippen molar-refractivity contribution >= 4 is 17.6 Å². The van der Waals surface area contributed by atoms with Crippen molar-refractivity contribution in [1.82, 2.24) is 0 Å². The van der Waals surface area contributed by atoms with Gasteiger partial charge in [-0.15, -0.1) is 11.6 Å². The molecule has 54 valence electrons. The van der Waals surface area contributed by atoms with Crippen LogP contribution in [-0.2, 0) is 4.79 Å². The second kappa shape index (κ2) is 3.72. The molecule has 0 amide bonds. The van der Waals surface area contributed by atoms with E-state index in [0.29, 0.717) is 0 Å². The fraction of sp³-hybridized carbons (Fsp3) is 0.833. The molecule has 0 aromatic rings. The van der Waals surface area contributed by atoms with Gasteiger partial charge in [0.1, 0.15) is 5.38 Å². The molecule has 0 spiro atoms. The minimum atomic E-state index is -0.925. The van der Waals surface area contributed by atoms with Gasteiger partial charge in [0.2, 0.25) is 0 Å². The first-order valence-corrected chi connectivity index (χ1v) is 3.40. The fourth-order valence-electron chi connectivity index (χ4n) is 0.450. The number of carbonyl (C=O) groups is 1. The molecule has 0 fully saturated rings. The van der Waals surface area contributed by atoms with Crippen LogP contribution in [0.3, 0.4) is 0 Å². The first kappa shape index (κ1) is 8.76. The highest BCUT2D eigenvalue weighted by Crippen LogP contribution is 2.13. The summed E-state index contributed by atoms with van der Waals surface area (Å²) in [5.41, 5.74) is 0. The van der Waals surface area contributed by atoms with E-state index in [0.717, 1.165) is 6.42 Å². The van der Waals surface area contributed by atoms with Gasteiger partial charge in [-0.1, -0.05) is 20.3 Å². The lowest BCUT2D eigenvalue weighted by atomic mass is 10.1. The summed E-state index contributed by atoms with van der Waals surface area (Å²) in [7, 11) is 0. The zero-order valence-corrected chi connectivity index (χ0v) is 6.35. The summed E-state index contributed by atoms with van der Waals surface area (Å²) >= 11 is 5.47. The Kier molecular flexibility index (Phi) is 3.62. The molecule has 0 aliphatic carbocycles. The van der Waals surface area contributed by atoms with Crippen LogP contribution in [0.1, 0.15) is 20.3 Å². The number of carboxylic acid groups (broad SMARTS) is 1. The van der Waals surface area contributed by atoms with E-state index in [9.17, 15) is 4.79 Å². The van der Waals surface area contributed by atoms with Crippen LogP contribution < -0.4 is 0 Å². The van der Waals surface area contributed by atoms with Gasteiger partial charge in [-0.05, 0) is 5.92 Å². The van der Waals surface area contributed by atoms with Gasteiger partial charge in [-0.25, -0.2) is 0 Å². The van der Waals surface area contributed by atoms with E-state index in [2.05, 4.69) is 0 Å². The van der Waals surface area contributed by atoms with Crippen LogP contribution in [0.4, 0.5) is 0 Å². The summed E-state index contributed by atoms with van der Waals surface area (Å²) in [6.45, 7) is 3.74. The molecule has 0 aliphatic heterocycles. The average molecular weight is 151 g/mol. The van der Waals surface area contributed by atoms with Crippen molar-refractivity contribution in [2.75, 3.05) is 0 Å². The molecular formula is C6H11ClO2. The van der Waals surface area contributed by atoms with E-state index >= 15 is 0 Å². The Morgan fingerprint density at radius 3 is 2.33 bits per heavy atom. The Bertz CT molecular complexity index is 103. The van der Waals surface area contributed by atoms with Crippen LogP contribution in [0, 0.1) is 5.92 Å². The number of aliphatic carboxylic acids is 1. The molecule has 2 nitrogen and oxygen atoms in total. The lowest BCUT2D eigenvalue weighted by Gasteiger charge is -2.09. The lowest BCUT2D eigenvalue weighted by molar-refractivity contribution is -0.137. The van der Waals surface area contributed by atoms with Crippen LogP contribution in [0.15, 0.2) is 0 Å². The van der Waals surface area contributed by atoms with E-state index in [1.807, 2.05) is 13.8 Å². The van der Waals surface area contributed by atoms with Gasteiger partial charge < -0.3 is 5.11 Å². The van der Waals surface area contributed by atoms with Gasteiger partial charge in [0.15, 0.2) is 0 Å². The normalized spacial score (nSPS) is 16.8. The maximum absolute atomic E-state index is 10.2. The van der Waals surface area contributed by atoms with Crippen LogP contribution in [0.2, 0.25) is 0 Å². The molecule has 1 unspecified atom stereocenters. The van der Waals surface area contributed by atoms with Crippen molar-refractivity contribution in [2.24, 2.45) is 5.92 Å². The Labute approximate surface area is 59.8 Å². The average Bonchev–Trinajstić information content (AvgIpc) is 1.84. The van der Waals surface area contributed by atoms with Gasteiger partial charge in [0.05, 0.1) is 0 Å². The first-order chi connectivity index (χ1) is 4.09. The molecule has 0 saturated heterocycles. The van der Waals surface area contributed by atoms with Crippen molar-refractivity contribution in [3.05, 3.63) is 0 Å². The van der Waals surface area contributed by atoms with E-state index < -0.39 is 11.3 Å². The minimum Gasteiger partial charge on any atom is -0.480 e. The number of halogens is 1. The lowest BCUT2D eigenvalue weighted by Crippen LogP contribution is -2.20. The maximum atomic E-state index is 10.2. The largest absolute Gasteiger partial charge is 0.480 e. The van der Waals surface area contributed by atoms with Gasteiger partial charge in [0, 0.05) is 0 Å². The zero-order valence-electron chi connectivity index (χ0n) is 5.60. The highest BCUT2D eigenvalue weighted by Gasteiger charge is 2.19. The van der Waals surface area contributed by atoms with Crippen LogP contribution in [-0.4, -0.2) is 16.5 Å². The SMILES string of the molecule is CCC(C)[C@@H](Cl)C(=O)O. The van der Waals surface area contributed by atoms with Crippen molar-refractivity contribution in [1.29, 1.82) is 0 Å². The fourth-order valence-corrected chi connectivity index (χ4v) is 0.629. The first-order valence-electron chi connectivity index (χ1n) is 2.96.